The molecule has 1 saturated heterocycles. The van der Waals surface area contributed by atoms with Gasteiger partial charge in [0.15, 0.2) is 5.82 Å². The first kappa shape index (κ1) is 27.3. The van der Waals surface area contributed by atoms with E-state index >= 15 is 8.78 Å². The predicted molar refractivity (Wildman–Crippen MR) is 142 cm³/mol. The van der Waals surface area contributed by atoms with Gasteiger partial charge in [0.2, 0.25) is 11.8 Å². The lowest BCUT2D eigenvalue weighted by Crippen LogP contribution is -2.57. The minimum atomic E-state index is -1.54. The lowest BCUT2D eigenvalue weighted by atomic mass is 9.62. The van der Waals surface area contributed by atoms with E-state index in [-0.39, 0.29) is 32.8 Å². The van der Waals surface area contributed by atoms with Crippen LogP contribution < -0.4 is 16.0 Å². The number of rotatable bonds is 4. The zero-order valence-electron chi connectivity index (χ0n) is 21.6. The average Bonchev–Trinajstić information content (AvgIpc) is 3.27. The summed E-state index contributed by atoms with van der Waals surface area (Å²) in [5, 5.41) is 18.8. The Balaban J connectivity index is 1.71. The Kier molecular flexibility index (Phi) is 6.58. The maximum absolute atomic E-state index is 15.7. The van der Waals surface area contributed by atoms with E-state index < -0.39 is 52.5 Å². The molecule has 2 aromatic rings. The van der Waals surface area contributed by atoms with E-state index in [9.17, 15) is 14.7 Å². The first-order valence-electron chi connectivity index (χ1n) is 12.7. The standard InChI is InChI=1S/C28H31Cl2F2N3O3/c1-26(2,3)12-18-28(15-8-9-17(30)21(32)22(15)35-25(28)37)19(14-6-5-7-16(29)20(14)31)23(34-18)24(36)33-13-10-27(4,38)11-13/h5-9,13,18-19,23,34,38H,10-12H2,1-4H3,(H,33,36)(H,35,37)/t13-,18-,19+,23-,27+,28+/m1/s1. The van der Waals surface area contributed by atoms with E-state index in [2.05, 4.69) is 16.0 Å². The molecule has 4 atom stereocenters. The number of fused-ring (bicyclic) bond motifs is 2. The highest BCUT2D eigenvalue weighted by Crippen LogP contribution is 2.57. The summed E-state index contributed by atoms with van der Waals surface area (Å²) in [4.78, 5) is 27.8. The van der Waals surface area contributed by atoms with Crippen molar-refractivity contribution in [3.8, 4) is 0 Å². The van der Waals surface area contributed by atoms with Crippen LogP contribution in [0.3, 0.4) is 0 Å². The van der Waals surface area contributed by atoms with E-state index in [1.165, 1.54) is 18.2 Å². The average molecular weight is 566 g/mol. The normalized spacial score (nSPS) is 32.2. The zero-order chi connectivity index (χ0) is 27.8. The lowest BCUT2D eigenvalue weighted by Gasteiger charge is -2.42. The summed E-state index contributed by atoms with van der Waals surface area (Å²) in [6.07, 6.45) is 1.18. The number of halogens is 4. The van der Waals surface area contributed by atoms with Crippen molar-refractivity contribution in [1.82, 2.24) is 10.6 Å². The molecule has 3 aliphatic rings. The molecule has 2 amide bonds. The van der Waals surface area contributed by atoms with Crippen LogP contribution in [0.15, 0.2) is 30.3 Å². The molecule has 10 heteroatoms. The first-order chi connectivity index (χ1) is 17.7. The van der Waals surface area contributed by atoms with Gasteiger partial charge in [-0.1, -0.05) is 62.2 Å². The van der Waals surface area contributed by atoms with Crippen molar-refractivity contribution in [2.45, 2.75) is 82.0 Å². The molecule has 2 heterocycles. The highest BCUT2D eigenvalue weighted by Gasteiger charge is 2.66. The monoisotopic (exact) mass is 565 g/mol. The molecule has 1 saturated carbocycles. The summed E-state index contributed by atoms with van der Waals surface area (Å²) in [7, 11) is 0. The second-order valence-electron chi connectivity index (χ2n) is 12.3. The predicted octanol–water partition coefficient (Wildman–Crippen LogP) is 5.05. The van der Waals surface area contributed by atoms with Crippen LogP contribution >= 0.6 is 23.2 Å². The third-order valence-electron chi connectivity index (χ3n) is 8.04. The third kappa shape index (κ3) is 4.30. The molecule has 0 bridgehead atoms. The molecule has 5 rings (SSSR count). The number of amides is 2. The maximum atomic E-state index is 15.7. The van der Waals surface area contributed by atoms with Crippen LogP contribution in [0.1, 0.15) is 64.0 Å². The van der Waals surface area contributed by atoms with Crippen molar-refractivity contribution in [2.75, 3.05) is 5.32 Å². The molecule has 0 radical (unpaired) electrons. The van der Waals surface area contributed by atoms with Crippen LogP contribution in [0.5, 0.6) is 0 Å². The SMILES string of the molecule is CC(C)(C)C[C@H]1N[C@@H](C(=O)N[C@H]2C[C@@](C)(O)C2)[C@H](c2cccc(Cl)c2F)[C@@]12C(=O)Nc1c2ccc(Cl)c1F. The summed E-state index contributed by atoms with van der Waals surface area (Å²) in [5.41, 5.74) is -2.37. The van der Waals surface area contributed by atoms with Gasteiger partial charge in [0.1, 0.15) is 11.2 Å². The van der Waals surface area contributed by atoms with Crippen LogP contribution in [-0.2, 0) is 15.0 Å². The smallest absolute Gasteiger partial charge is 0.238 e. The van der Waals surface area contributed by atoms with Crippen LogP contribution in [0.4, 0.5) is 14.5 Å². The third-order valence-corrected chi connectivity index (χ3v) is 8.63. The number of hydrogen-bond donors (Lipinski definition) is 4. The van der Waals surface area contributed by atoms with Gasteiger partial charge in [-0.15, -0.1) is 0 Å². The van der Waals surface area contributed by atoms with Gasteiger partial charge in [-0.25, -0.2) is 8.78 Å². The molecule has 38 heavy (non-hydrogen) atoms. The fourth-order valence-corrected chi connectivity index (χ4v) is 6.91. The quantitative estimate of drug-likeness (QED) is 0.417. The Morgan fingerprint density at radius 1 is 1.13 bits per heavy atom. The van der Waals surface area contributed by atoms with Crippen LogP contribution in [0.25, 0.3) is 0 Å². The molecule has 204 valence electrons. The number of carbonyl (C=O) groups excluding carboxylic acids is 2. The lowest BCUT2D eigenvalue weighted by molar-refractivity contribution is -0.127. The van der Waals surface area contributed by atoms with E-state index in [0.29, 0.717) is 24.8 Å². The highest BCUT2D eigenvalue weighted by molar-refractivity contribution is 6.31. The number of aliphatic hydroxyl groups is 1. The second kappa shape index (κ2) is 9.15. The minimum absolute atomic E-state index is 0.0632. The first-order valence-corrected chi connectivity index (χ1v) is 13.4. The second-order valence-corrected chi connectivity index (χ2v) is 13.1. The number of anilines is 1. The van der Waals surface area contributed by atoms with Crippen molar-refractivity contribution in [2.24, 2.45) is 5.41 Å². The number of benzene rings is 2. The largest absolute Gasteiger partial charge is 0.390 e. The molecular formula is C28H31Cl2F2N3O3. The van der Waals surface area contributed by atoms with Gasteiger partial charge in [-0.05, 0) is 54.9 Å². The van der Waals surface area contributed by atoms with Crippen molar-refractivity contribution in [3.63, 3.8) is 0 Å². The van der Waals surface area contributed by atoms with Crippen molar-refractivity contribution in [1.29, 1.82) is 0 Å². The van der Waals surface area contributed by atoms with E-state index in [1.54, 1.807) is 19.1 Å². The molecular weight excluding hydrogens is 535 g/mol. The molecule has 4 N–H and O–H groups in total. The Labute approximate surface area is 230 Å². The fourth-order valence-electron chi connectivity index (χ4n) is 6.58. The maximum Gasteiger partial charge on any atom is 0.238 e. The summed E-state index contributed by atoms with van der Waals surface area (Å²) in [6, 6.07) is 5.47. The molecule has 1 spiro atoms. The van der Waals surface area contributed by atoms with Crippen LogP contribution in [0.2, 0.25) is 10.0 Å². The van der Waals surface area contributed by atoms with Gasteiger partial charge >= 0.3 is 0 Å². The van der Waals surface area contributed by atoms with Crippen molar-refractivity contribution in [3.05, 3.63) is 63.1 Å². The molecule has 2 fully saturated rings. The van der Waals surface area contributed by atoms with E-state index in [1.807, 2.05) is 20.8 Å². The molecule has 1 aliphatic carbocycles. The van der Waals surface area contributed by atoms with Gasteiger partial charge < -0.3 is 21.1 Å². The topological polar surface area (TPSA) is 90.5 Å². The van der Waals surface area contributed by atoms with Gasteiger partial charge in [-0.3, -0.25) is 9.59 Å². The summed E-state index contributed by atoms with van der Waals surface area (Å²) in [5.74, 6) is -3.55. The van der Waals surface area contributed by atoms with E-state index in [4.69, 9.17) is 23.2 Å². The molecule has 0 aromatic heterocycles. The van der Waals surface area contributed by atoms with Gasteiger partial charge in [0, 0.05) is 18.0 Å². The number of hydrogen-bond acceptors (Lipinski definition) is 4. The fraction of sp³-hybridized carbons (Fsp3) is 0.500. The van der Waals surface area contributed by atoms with Gasteiger partial charge in [0.25, 0.3) is 0 Å². The summed E-state index contributed by atoms with van der Waals surface area (Å²) < 4.78 is 31.0. The van der Waals surface area contributed by atoms with Crippen molar-refractivity contribution >= 4 is 40.7 Å². The van der Waals surface area contributed by atoms with Gasteiger partial charge in [-0.2, -0.15) is 0 Å². The minimum Gasteiger partial charge on any atom is -0.390 e. The van der Waals surface area contributed by atoms with Crippen molar-refractivity contribution < 1.29 is 23.5 Å². The Morgan fingerprint density at radius 3 is 2.42 bits per heavy atom. The summed E-state index contributed by atoms with van der Waals surface area (Å²) in [6.45, 7) is 7.69. The van der Waals surface area contributed by atoms with E-state index in [0.717, 1.165) is 0 Å². The Bertz CT molecular complexity index is 1320. The molecule has 6 nitrogen and oxygen atoms in total. The van der Waals surface area contributed by atoms with Crippen LogP contribution in [-0.4, -0.2) is 40.6 Å². The van der Waals surface area contributed by atoms with Gasteiger partial charge in [0.05, 0.1) is 27.4 Å². The number of nitrogens with one attached hydrogen (secondary N) is 3. The summed E-state index contributed by atoms with van der Waals surface area (Å²) >= 11 is 12.2. The Morgan fingerprint density at radius 2 is 1.79 bits per heavy atom. The Hall–Kier alpha value is -2.26. The van der Waals surface area contributed by atoms with Crippen LogP contribution in [0, 0.1) is 17.0 Å². The molecule has 0 unspecified atom stereocenters. The number of carbonyl (C=O) groups is 2. The highest BCUT2D eigenvalue weighted by atomic mass is 35.5. The molecule has 2 aromatic carbocycles. The molecule has 2 aliphatic heterocycles. The zero-order valence-corrected chi connectivity index (χ0v) is 23.1.